The Hall–Kier alpha value is -3.19. The van der Waals surface area contributed by atoms with Crippen LogP contribution in [0.3, 0.4) is 0 Å². The van der Waals surface area contributed by atoms with Gasteiger partial charge in [0.25, 0.3) is 6.20 Å². The summed E-state index contributed by atoms with van der Waals surface area (Å²) in [5, 5.41) is 20.1. The second kappa shape index (κ2) is 8.30. The van der Waals surface area contributed by atoms with Crippen LogP contribution in [0.15, 0.2) is 39.3 Å². The van der Waals surface area contributed by atoms with Crippen molar-refractivity contribution in [3.63, 3.8) is 0 Å². The zero-order valence-corrected chi connectivity index (χ0v) is 18.6. The molecule has 0 aliphatic carbocycles. The SMILES string of the molecule is Nc1c(/C([O-])=N/c2c[n+](N3CCCCC3)no2)sc2nc(-c3cccs3)cc(C(F)(F)F)c12. The molecule has 5 heterocycles. The number of anilines is 1. The summed E-state index contributed by atoms with van der Waals surface area (Å²) in [4.78, 5) is 10.2. The van der Waals surface area contributed by atoms with Crippen LogP contribution in [-0.2, 0) is 6.18 Å². The molecule has 0 spiro atoms. The Morgan fingerprint density at radius 3 is 2.76 bits per heavy atom. The Morgan fingerprint density at radius 2 is 2.06 bits per heavy atom. The monoisotopic (exact) mass is 494 g/mol. The number of piperidine rings is 1. The molecule has 0 saturated carbocycles. The van der Waals surface area contributed by atoms with Crippen LogP contribution in [-0.4, -0.2) is 29.2 Å². The van der Waals surface area contributed by atoms with E-state index in [4.69, 9.17) is 10.3 Å². The van der Waals surface area contributed by atoms with Crippen molar-refractivity contribution in [2.24, 2.45) is 4.99 Å². The lowest BCUT2D eigenvalue weighted by Gasteiger charge is -2.17. The van der Waals surface area contributed by atoms with E-state index in [0.29, 0.717) is 4.88 Å². The Bertz CT molecular complexity index is 1320. The third-order valence-electron chi connectivity index (χ3n) is 5.25. The zero-order chi connectivity index (χ0) is 23.2. The van der Waals surface area contributed by atoms with Gasteiger partial charge >= 0.3 is 12.1 Å². The molecular formula is C20H17F3N6O2S2. The van der Waals surface area contributed by atoms with Gasteiger partial charge in [-0.05, 0) is 36.8 Å². The van der Waals surface area contributed by atoms with Crippen molar-refractivity contribution < 1.29 is 27.6 Å². The molecule has 0 unspecified atom stereocenters. The van der Waals surface area contributed by atoms with Crippen LogP contribution in [0, 0.1) is 0 Å². The van der Waals surface area contributed by atoms with Gasteiger partial charge in [0, 0.05) is 11.3 Å². The van der Waals surface area contributed by atoms with Gasteiger partial charge in [0.1, 0.15) is 4.83 Å². The predicted molar refractivity (Wildman–Crippen MR) is 117 cm³/mol. The summed E-state index contributed by atoms with van der Waals surface area (Å²) < 4.78 is 46.6. The highest BCUT2D eigenvalue weighted by molar-refractivity contribution is 7.21. The fourth-order valence-corrected chi connectivity index (χ4v) is 5.39. The number of alkyl halides is 3. The molecular weight excluding hydrogens is 477 g/mol. The van der Waals surface area contributed by atoms with Crippen LogP contribution in [0.1, 0.15) is 29.7 Å². The smallest absolute Gasteiger partial charge is 0.417 e. The predicted octanol–water partition coefficient (Wildman–Crippen LogP) is 3.46. The highest BCUT2D eigenvalue weighted by Crippen LogP contribution is 2.43. The van der Waals surface area contributed by atoms with Gasteiger partial charge in [-0.2, -0.15) is 18.2 Å². The van der Waals surface area contributed by atoms with E-state index in [1.807, 2.05) is 5.01 Å². The first-order chi connectivity index (χ1) is 15.8. The molecule has 0 bridgehead atoms. The maximum atomic E-state index is 13.8. The number of aliphatic imine (C=N–C) groups is 1. The number of thiophene rings is 2. The maximum absolute atomic E-state index is 13.8. The van der Waals surface area contributed by atoms with Crippen molar-refractivity contribution >= 4 is 50.4 Å². The zero-order valence-electron chi connectivity index (χ0n) is 17.0. The van der Waals surface area contributed by atoms with Gasteiger partial charge in [0.2, 0.25) is 5.27 Å². The Morgan fingerprint density at radius 1 is 1.27 bits per heavy atom. The molecule has 172 valence electrons. The number of rotatable bonds is 4. The van der Waals surface area contributed by atoms with Crippen molar-refractivity contribution in [1.82, 2.24) is 10.3 Å². The molecule has 1 saturated heterocycles. The third kappa shape index (κ3) is 4.13. The highest BCUT2D eigenvalue weighted by Gasteiger charge is 2.36. The molecule has 1 fully saturated rings. The molecule has 8 nitrogen and oxygen atoms in total. The van der Waals surface area contributed by atoms with Gasteiger partial charge in [0.15, 0.2) is 0 Å². The van der Waals surface area contributed by atoms with Crippen LogP contribution < -0.4 is 20.6 Å². The Labute approximate surface area is 193 Å². The molecule has 2 N–H and O–H groups in total. The molecule has 13 heteroatoms. The quantitative estimate of drug-likeness (QED) is 0.265. The standard InChI is InChI=1S/C20H17F3N6O2S2/c21-20(22,23)11-9-12(13-5-4-8-32-13)25-19-15(11)16(24)17(33-19)18(30)26-14-10-29(27-31-14)28-6-2-1-3-7-28/h4-5,8-10H,1-3,6-7H2,(H2-,24,26,27,30). The molecule has 1 aliphatic rings. The average Bonchev–Trinajstić information content (AvgIpc) is 3.54. The number of aromatic nitrogens is 3. The van der Waals surface area contributed by atoms with Gasteiger partial charge < -0.3 is 10.8 Å². The largest absolute Gasteiger partial charge is 0.857 e. The van der Waals surface area contributed by atoms with Crippen LogP contribution in [0.5, 0.6) is 0 Å². The van der Waals surface area contributed by atoms with Gasteiger partial charge in [-0.15, -0.1) is 22.7 Å². The van der Waals surface area contributed by atoms with Crippen LogP contribution in [0.2, 0.25) is 0 Å². The van der Waals surface area contributed by atoms with E-state index in [0.717, 1.165) is 49.8 Å². The summed E-state index contributed by atoms with van der Waals surface area (Å²) in [5.74, 6) is -0.881. The summed E-state index contributed by atoms with van der Waals surface area (Å²) in [6, 6.07) is 4.36. The first-order valence-electron chi connectivity index (χ1n) is 10.1. The number of pyridine rings is 1. The van der Waals surface area contributed by atoms with E-state index in [1.165, 1.54) is 22.3 Å². The van der Waals surface area contributed by atoms with Crippen molar-refractivity contribution in [3.05, 3.63) is 40.2 Å². The fraction of sp³-hybridized carbons (Fsp3) is 0.300. The Kier molecular flexibility index (Phi) is 5.44. The average molecular weight is 495 g/mol. The van der Waals surface area contributed by atoms with Crippen LogP contribution >= 0.6 is 22.7 Å². The lowest BCUT2D eigenvalue weighted by atomic mass is 10.1. The number of nitrogen functional groups attached to an aromatic ring is 1. The van der Waals surface area contributed by atoms with E-state index in [2.05, 4.69) is 15.2 Å². The minimum Gasteiger partial charge on any atom is -0.857 e. The van der Waals surface area contributed by atoms with E-state index >= 15 is 0 Å². The van der Waals surface area contributed by atoms with E-state index in [-0.39, 0.29) is 32.4 Å². The van der Waals surface area contributed by atoms with E-state index in [1.54, 1.807) is 17.5 Å². The van der Waals surface area contributed by atoms with Crippen molar-refractivity contribution in [1.29, 1.82) is 0 Å². The van der Waals surface area contributed by atoms with Gasteiger partial charge in [-0.1, -0.05) is 6.07 Å². The Balaban J connectivity index is 1.56. The molecule has 0 aromatic carbocycles. The van der Waals surface area contributed by atoms with E-state index in [9.17, 15) is 18.3 Å². The van der Waals surface area contributed by atoms with Crippen molar-refractivity contribution in [2.45, 2.75) is 25.4 Å². The molecule has 5 rings (SSSR count). The van der Waals surface area contributed by atoms with Gasteiger partial charge in [0.05, 0.1) is 44.6 Å². The molecule has 0 atom stereocenters. The lowest BCUT2D eigenvalue weighted by molar-refractivity contribution is -0.759. The maximum Gasteiger partial charge on any atom is 0.417 e. The summed E-state index contributed by atoms with van der Waals surface area (Å²) >= 11 is 2.04. The number of hydrogen-bond donors (Lipinski definition) is 1. The molecule has 4 aromatic heterocycles. The number of nitrogens with zero attached hydrogens (tertiary/aromatic N) is 5. The summed E-state index contributed by atoms with van der Waals surface area (Å²) in [6.45, 7) is 1.60. The van der Waals surface area contributed by atoms with E-state index < -0.39 is 17.6 Å². The fourth-order valence-electron chi connectivity index (χ4n) is 3.70. The minimum atomic E-state index is -4.68. The summed E-state index contributed by atoms with van der Waals surface area (Å²) in [7, 11) is 0. The first-order valence-corrected chi connectivity index (χ1v) is 11.7. The number of fused-ring (bicyclic) bond motifs is 1. The first kappa shape index (κ1) is 21.6. The number of nitrogens with two attached hydrogens (primary N) is 1. The minimum absolute atomic E-state index is 0.0187. The van der Waals surface area contributed by atoms with Gasteiger partial charge in [-0.3, -0.25) is 4.52 Å². The number of hydrogen-bond acceptors (Lipinski definition) is 9. The molecule has 4 aromatic rings. The summed E-state index contributed by atoms with van der Waals surface area (Å²) in [5.41, 5.74) is 4.94. The molecule has 0 amide bonds. The third-order valence-corrected chi connectivity index (χ3v) is 7.23. The highest BCUT2D eigenvalue weighted by atomic mass is 32.1. The molecule has 33 heavy (non-hydrogen) atoms. The van der Waals surface area contributed by atoms with Crippen molar-refractivity contribution in [3.8, 4) is 10.6 Å². The summed E-state index contributed by atoms with van der Waals surface area (Å²) in [6.07, 6.45) is -0.0407. The molecule has 1 aliphatic heterocycles. The number of halogens is 3. The van der Waals surface area contributed by atoms with Crippen molar-refractivity contribution in [2.75, 3.05) is 23.8 Å². The second-order valence-electron chi connectivity index (χ2n) is 7.45. The topological polar surface area (TPSA) is 107 Å². The lowest BCUT2D eigenvalue weighted by Crippen LogP contribution is -2.60. The van der Waals surface area contributed by atoms with Crippen LogP contribution in [0.25, 0.3) is 20.8 Å². The van der Waals surface area contributed by atoms with Gasteiger partial charge in [-0.25, -0.2) is 9.98 Å². The van der Waals surface area contributed by atoms with Crippen LogP contribution in [0.4, 0.5) is 24.7 Å². The normalized spacial score (nSPS) is 15.5. The second-order valence-corrected chi connectivity index (χ2v) is 9.39. The molecule has 0 radical (unpaired) electrons.